The second kappa shape index (κ2) is 9.31. The number of carbonyl (C=O) groups is 1. The molecule has 0 aliphatic heterocycles. The zero-order valence-corrected chi connectivity index (χ0v) is 17.9. The van der Waals surface area contributed by atoms with Crippen molar-refractivity contribution in [2.24, 2.45) is 10.9 Å². The molecule has 7 nitrogen and oxygen atoms in total. The van der Waals surface area contributed by atoms with Gasteiger partial charge in [-0.2, -0.15) is 13.2 Å². The standard InChI is InChI=1S/C22H24F3N5O2/c1-29(2)12-14-6-4-7-15(10-14)13-32-28-21(26)30(3)20(31)19-11-16-17(22(23,24)25)8-5-9-18(16)27-19/h4-11,27H,12-13H2,1-3H3,(H2,26,28). The second-order valence-electron chi connectivity index (χ2n) is 7.59. The Balaban J connectivity index is 1.70. The van der Waals surface area contributed by atoms with E-state index < -0.39 is 17.6 Å². The van der Waals surface area contributed by atoms with Gasteiger partial charge in [0.25, 0.3) is 5.91 Å². The third-order valence-corrected chi connectivity index (χ3v) is 4.73. The molecule has 0 saturated carbocycles. The number of H-pyrrole nitrogens is 1. The molecule has 32 heavy (non-hydrogen) atoms. The van der Waals surface area contributed by atoms with Gasteiger partial charge in [-0.15, -0.1) is 0 Å². The molecule has 0 fully saturated rings. The average molecular weight is 447 g/mol. The van der Waals surface area contributed by atoms with E-state index >= 15 is 0 Å². The molecular formula is C22H24F3N5O2. The van der Waals surface area contributed by atoms with Crippen LogP contribution in [0.4, 0.5) is 13.2 Å². The molecular weight excluding hydrogens is 423 g/mol. The van der Waals surface area contributed by atoms with Gasteiger partial charge in [-0.1, -0.05) is 30.3 Å². The highest BCUT2D eigenvalue weighted by atomic mass is 19.4. The number of hydrogen-bond donors (Lipinski definition) is 2. The van der Waals surface area contributed by atoms with E-state index in [1.54, 1.807) is 0 Å². The van der Waals surface area contributed by atoms with Gasteiger partial charge >= 0.3 is 6.18 Å². The molecule has 10 heteroatoms. The first-order chi connectivity index (χ1) is 15.1. The van der Waals surface area contributed by atoms with Crippen LogP contribution in [0, 0.1) is 0 Å². The SMILES string of the molecule is CN(C)Cc1cccc(CON=C(N)N(C)C(=O)c2cc3c(C(F)(F)F)cccc3[nH]2)c1. The van der Waals surface area contributed by atoms with E-state index in [4.69, 9.17) is 10.6 Å². The number of amides is 1. The minimum atomic E-state index is -4.54. The number of guanidine groups is 1. The number of hydrogen-bond acceptors (Lipinski definition) is 4. The first-order valence-electron chi connectivity index (χ1n) is 9.71. The monoisotopic (exact) mass is 447 g/mol. The summed E-state index contributed by atoms with van der Waals surface area (Å²) in [5.41, 5.74) is 7.15. The maximum Gasteiger partial charge on any atom is 0.417 e. The van der Waals surface area contributed by atoms with Gasteiger partial charge in [0.05, 0.1) is 5.56 Å². The molecule has 3 N–H and O–H groups in total. The predicted octanol–water partition coefficient (Wildman–Crippen LogP) is 3.77. The molecule has 3 rings (SSSR count). The van der Waals surface area contributed by atoms with Gasteiger partial charge in [-0.05, 0) is 48.6 Å². The van der Waals surface area contributed by atoms with Crippen molar-refractivity contribution in [3.05, 3.63) is 70.9 Å². The van der Waals surface area contributed by atoms with Crippen LogP contribution < -0.4 is 5.73 Å². The van der Waals surface area contributed by atoms with Crippen LogP contribution in [0.15, 0.2) is 53.7 Å². The van der Waals surface area contributed by atoms with Gasteiger partial charge in [0.1, 0.15) is 12.3 Å². The fourth-order valence-corrected chi connectivity index (χ4v) is 3.22. The van der Waals surface area contributed by atoms with E-state index in [1.165, 1.54) is 19.2 Å². The molecule has 3 aromatic rings. The number of aromatic nitrogens is 1. The van der Waals surface area contributed by atoms with Crippen molar-refractivity contribution in [1.82, 2.24) is 14.8 Å². The van der Waals surface area contributed by atoms with E-state index in [0.717, 1.165) is 34.7 Å². The Hall–Kier alpha value is -3.53. The van der Waals surface area contributed by atoms with Crippen LogP contribution in [0.25, 0.3) is 10.9 Å². The number of aromatic amines is 1. The zero-order valence-electron chi connectivity index (χ0n) is 17.9. The van der Waals surface area contributed by atoms with E-state index in [0.29, 0.717) is 0 Å². The van der Waals surface area contributed by atoms with Crippen LogP contribution in [0.2, 0.25) is 0 Å². The van der Waals surface area contributed by atoms with Crippen LogP contribution in [-0.2, 0) is 24.2 Å². The van der Waals surface area contributed by atoms with Gasteiger partial charge in [-0.3, -0.25) is 9.69 Å². The lowest BCUT2D eigenvalue weighted by Gasteiger charge is -2.14. The molecule has 1 amide bonds. The van der Waals surface area contributed by atoms with Gasteiger partial charge in [0.15, 0.2) is 0 Å². The summed E-state index contributed by atoms with van der Waals surface area (Å²) in [6.07, 6.45) is -4.54. The predicted molar refractivity (Wildman–Crippen MR) is 116 cm³/mol. The summed E-state index contributed by atoms with van der Waals surface area (Å²) in [5.74, 6) is -0.874. The normalized spacial score (nSPS) is 12.4. The smallest absolute Gasteiger partial charge is 0.388 e. The molecule has 0 radical (unpaired) electrons. The Morgan fingerprint density at radius 3 is 2.47 bits per heavy atom. The summed E-state index contributed by atoms with van der Waals surface area (Å²) in [4.78, 5) is 23.7. The molecule has 0 bridgehead atoms. The minimum Gasteiger partial charge on any atom is -0.388 e. The number of oxime groups is 1. The number of nitrogens with zero attached hydrogens (tertiary/aromatic N) is 3. The molecule has 170 valence electrons. The number of rotatable bonds is 6. The number of fused-ring (bicyclic) bond motifs is 1. The highest BCUT2D eigenvalue weighted by Crippen LogP contribution is 2.35. The fraction of sp³-hybridized carbons (Fsp3) is 0.273. The van der Waals surface area contributed by atoms with Crippen LogP contribution in [0.1, 0.15) is 27.2 Å². The third kappa shape index (κ3) is 5.38. The van der Waals surface area contributed by atoms with E-state index in [-0.39, 0.29) is 29.2 Å². The van der Waals surface area contributed by atoms with Crippen molar-refractivity contribution >= 4 is 22.8 Å². The Morgan fingerprint density at radius 1 is 1.09 bits per heavy atom. The summed E-state index contributed by atoms with van der Waals surface area (Å²) in [7, 11) is 5.30. The third-order valence-electron chi connectivity index (χ3n) is 4.73. The number of halogens is 3. The largest absolute Gasteiger partial charge is 0.417 e. The lowest BCUT2D eigenvalue weighted by Crippen LogP contribution is -2.39. The maximum absolute atomic E-state index is 13.2. The van der Waals surface area contributed by atoms with Crippen molar-refractivity contribution in [2.45, 2.75) is 19.3 Å². The molecule has 0 aliphatic carbocycles. The molecule has 0 spiro atoms. The molecule has 2 aromatic carbocycles. The van der Waals surface area contributed by atoms with E-state index in [1.807, 2.05) is 43.3 Å². The lowest BCUT2D eigenvalue weighted by molar-refractivity contribution is -0.136. The molecule has 0 aliphatic rings. The Labute approximate surface area is 183 Å². The summed E-state index contributed by atoms with van der Waals surface area (Å²) in [5, 5.41) is 3.67. The molecule has 0 unspecified atom stereocenters. The molecule has 0 saturated heterocycles. The number of alkyl halides is 3. The fourth-order valence-electron chi connectivity index (χ4n) is 3.22. The Morgan fingerprint density at radius 2 is 1.78 bits per heavy atom. The zero-order chi connectivity index (χ0) is 23.5. The summed E-state index contributed by atoms with van der Waals surface area (Å²) >= 11 is 0. The first kappa shape index (κ1) is 23.1. The van der Waals surface area contributed by atoms with Gasteiger partial charge in [0, 0.05) is 24.5 Å². The average Bonchev–Trinajstić information content (AvgIpc) is 3.15. The summed E-state index contributed by atoms with van der Waals surface area (Å²) in [6, 6.07) is 12.6. The summed E-state index contributed by atoms with van der Waals surface area (Å²) in [6.45, 7) is 0.919. The van der Waals surface area contributed by atoms with Crippen molar-refractivity contribution < 1.29 is 22.8 Å². The van der Waals surface area contributed by atoms with Gasteiger partial charge in [-0.25, -0.2) is 0 Å². The van der Waals surface area contributed by atoms with Crippen LogP contribution in [-0.4, -0.2) is 47.8 Å². The van der Waals surface area contributed by atoms with E-state index in [2.05, 4.69) is 10.1 Å². The molecule has 1 heterocycles. The van der Waals surface area contributed by atoms with E-state index in [9.17, 15) is 18.0 Å². The second-order valence-corrected chi connectivity index (χ2v) is 7.59. The highest BCUT2D eigenvalue weighted by molar-refractivity contribution is 6.06. The first-order valence-corrected chi connectivity index (χ1v) is 9.71. The van der Waals surface area contributed by atoms with Crippen molar-refractivity contribution in [3.8, 4) is 0 Å². The number of benzene rings is 2. The van der Waals surface area contributed by atoms with Crippen molar-refractivity contribution in [2.75, 3.05) is 21.1 Å². The Kier molecular flexibility index (Phi) is 6.73. The van der Waals surface area contributed by atoms with Crippen molar-refractivity contribution in [3.63, 3.8) is 0 Å². The quantitative estimate of drug-likeness (QED) is 0.342. The number of nitrogens with two attached hydrogens (primary N) is 1. The maximum atomic E-state index is 13.2. The molecule has 0 atom stereocenters. The molecule has 1 aromatic heterocycles. The minimum absolute atomic E-state index is 0.0475. The Bertz CT molecular complexity index is 1140. The van der Waals surface area contributed by atoms with Gasteiger partial charge < -0.3 is 20.5 Å². The number of carbonyl (C=O) groups excluding carboxylic acids is 1. The van der Waals surface area contributed by atoms with Crippen LogP contribution >= 0.6 is 0 Å². The van der Waals surface area contributed by atoms with Crippen LogP contribution in [0.3, 0.4) is 0 Å². The number of nitrogens with one attached hydrogen (secondary N) is 1. The summed E-state index contributed by atoms with van der Waals surface area (Å²) < 4.78 is 39.6. The van der Waals surface area contributed by atoms with Crippen molar-refractivity contribution in [1.29, 1.82) is 0 Å². The topological polar surface area (TPSA) is 86.9 Å². The highest BCUT2D eigenvalue weighted by Gasteiger charge is 2.33. The van der Waals surface area contributed by atoms with Gasteiger partial charge in [0.2, 0.25) is 5.96 Å². The van der Waals surface area contributed by atoms with Crippen LogP contribution in [0.5, 0.6) is 0 Å². The lowest BCUT2D eigenvalue weighted by atomic mass is 10.1.